The zero-order valence-corrected chi connectivity index (χ0v) is 12.3. The second-order valence-corrected chi connectivity index (χ2v) is 4.76. The number of hydrogen-bond donors (Lipinski definition) is 2. The molecule has 0 spiro atoms. The average molecular weight is 287 g/mol. The maximum absolute atomic E-state index is 12.2. The van der Waals surface area contributed by atoms with E-state index in [2.05, 4.69) is 17.2 Å². The van der Waals surface area contributed by atoms with Crippen molar-refractivity contribution in [1.82, 2.24) is 10.3 Å². The number of pyridine rings is 1. The predicted octanol–water partition coefficient (Wildman–Crippen LogP) is 2.10. The van der Waals surface area contributed by atoms with Crippen molar-refractivity contribution in [1.29, 1.82) is 0 Å². The summed E-state index contributed by atoms with van der Waals surface area (Å²) in [6.07, 6.45) is 3.40. The van der Waals surface area contributed by atoms with Crippen LogP contribution < -0.4 is 15.8 Å². The quantitative estimate of drug-likeness (QED) is 0.765. The van der Waals surface area contributed by atoms with Crippen LogP contribution in [0.4, 0.5) is 0 Å². The third-order valence-electron chi connectivity index (χ3n) is 3.11. The largest absolute Gasteiger partial charge is 0.491 e. The Morgan fingerprint density at radius 1 is 1.38 bits per heavy atom. The number of nitrogens with two attached hydrogens (primary N) is 1. The summed E-state index contributed by atoms with van der Waals surface area (Å²) in [5.41, 5.74) is 6.76. The second-order valence-electron chi connectivity index (χ2n) is 4.76. The maximum atomic E-state index is 12.2. The first-order chi connectivity index (χ1) is 10.3. The number of hydrogen-bond acceptors (Lipinski definition) is 4. The van der Waals surface area contributed by atoms with Gasteiger partial charge in [-0.2, -0.15) is 0 Å². The highest BCUT2D eigenvalue weighted by Gasteiger charge is 2.13. The Bertz CT molecular complexity index is 613. The summed E-state index contributed by atoms with van der Waals surface area (Å²) < 4.78 is 5.69. The molecule has 1 heterocycles. The molecule has 0 saturated heterocycles. The Kier molecular flexibility index (Phi) is 5.51. The molecule has 2 aromatic rings. The lowest BCUT2D eigenvalue weighted by Crippen LogP contribution is -2.26. The Hall–Kier alpha value is -2.14. The van der Waals surface area contributed by atoms with Crippen LogP contribution in [0.2, 0.25) is 0 Å². The van der Waals surface area contributed by atoms with E-state index < -0.39 is 0 Å². The van der Waals surface area contributed by atoms with Crippen molar-refractivity contribution in [2.24, 2.45) is 5.73 Å². The molecule has 0 fully saturated rings. The van der Waals surface area contributed by atoms with E-state index in [0.717, 1.165) is 23.7 Å². The zero-order valence-electron chi connectivity index (χ0n) is 12.3. The van der Waals surface area contributed by atoms with Gasteiger partial charge in [0.25, 0.3) is 5.91 Å². The monoisotopic (exact) mass is 287 g/mol. The zero-order chi connectivity index (χ0) is 15.1. The molecule has 0 bridgehead atoms. The van der Waals surface area contributed by atoms with Crippen LogP contribution in [-0.2, 0) is 0 Å². The van der Waals surface area contributed by atoms with Gasteiger partial charge in [-0.05, 0) is 37.6 Å². The number of benzene rings is 1. The number of rotatable bonds is 7. The highest BCUT2D eigenvalue weighted by molar-refractivity contribution is 6.07. The van der Waals surface area contributed by atoms with Gasteiger partial charge in [0, 0.05) is 23.7 Å². The Labute approximate surface area is 124 Å². The molecule has 112 valence electrons. The van der Waals surface area contributed by atoms with Gasteiger partial charge in [-0.25, -0.2) is 0 Å². The lowest BCUT2D eigenvalue weighted by Gasteiger charge is -2.11. The molecule has 1 amide bonds. The second kappa shape index (κ2) is 7.59. The van der Waals surface area contributed by atoms with Crippen LogP contribution in [0.3, 0.4) is 0 Å². The number of aromatic nitrogens is 1. The summed E-state index contributed by atoms with van der Waals surface area (Å²) in [6, 6.07) is 7.30. The summed E-state index contributed by atoms with van der Waals surface area (Å²) in [5.74, 6) is 0.606. The van der Waals surface area contributed by atoms with Crippen LogP contribution >= 0.6 is 0 Å². The minimum atomic E-state index is -0.108. The van der Waals surface area contributed by atoms with Gasteiger partial charge in [-0.1, -0.05) is 13.0 Å². The van der Waals surface area contributed by atoms with E-state index in [1.165, 1.54) is 0 Å². The van der Waals surface area contributed by atoms with E-state index in [4.69, 9.17) is 10.5 Å². The SMILES string of the molecule is CCCOc1ccc(C(=O)NCCCN)c2cccnc12. The van der Waals surface area contributed by atoms with E-state index in [1.54, 1.807) is 12.3 Å². The van der Waals surface area contributed by atoms with E-state index in [9.17, 15) is 4.79 Å². The van der Waals surface area contributed by atoms with E-state index in [1.807, 2.05) is 18.2 Å². The number of carbonyl (C=O) groups excluding carboxylic acids is 1. The molecule has 3 N–H and O–H groups in total. The highest BCUT2D eigenvalue weighted by atomic mass is 16.5. The van der Waals surface area contributed by atoms with Crippen molar-refractivity contribution < 1.29 is 9.53 Å². The first kappa shape index (κ1) is 15.3. The topological polar surface area (TPSA) is 77.2 Å². The third kappa shape index (κ3) is 3.70. The number of nitrogens with one attached hydrogen (secondary N) is 1. The smallest absolute Gasteiger partial charge is 0.251 e. The van der Waals surface area contributed by atoms with E-state index in [-0.39, 0.29) is 5.91 Å². The minimum absolute atomic E-state index is 0.108. The lowest BCUT2D eigenvalue weighted by atomic mass is 10.1. The van der Waals surface area contributed by atoms with Crippen molar-refractivity contribution in [3.8, 4) is 5.75 Å². The van der Waals surface area contributed by atoms with Gasteiger partial charge >= 0.3 is 0 Å². The molecule has 0 radical (unpaired) electrons. The standard InChI is InChI=1S/C16H21N3O2/c1-2-11-21-14-7-6-13(16(20)19-10-4-8-17)12-5-3-9-18-15(12)14/h3,5-7,9H,2,4,8,10-11,17H2,1H3,(H,19,20). The Balaban J connectivity index is 2.31. The molecule has 0 saturated carbocycles. The van der Waals surface area contributed by atoms with Crippen molar-refractivity contribution in [2.45, 2.75) is 19.8 Å². The van der Waals surface area contributed by atoms with Crippen LogP contribution in [0.1, 0.15) is 30.1 Å². The van der Waals surface area contributed by atoms with Gasteiger partial charge in [0.15, 0.2) is 0 Å². The number of carbonyl (C=O) groups is 1. The molecule has 0 unspecified atom stereocenters. The van der Waals surface area contributed by atoms with Crippen molar-refractivity contribution in [3.63, 3.8) is 0 Å². The van der Waals surface area contributed by atoms with Gasteiger partial charge in [-0.15, -0.1) is 0 Å². The van der Waals surface area contributed by atoms with Crippen LogP contribution in [0, 0.1) is 0 Å². The normalized spacial score (nSPS) is 10.6. The molecule has 0 aliphatic rings. The highest BCUT2D eigenvalue weighted by Crippen LogP contribution is 2.26. The van der Waals surface area contributed by atoms with Crippen LogP contribution in [0.15, 0.2) is 30.5 Å². The molecule has 1 aromatic carbocycles. The fourth-order valence-electron chi connectivity index (χ4n) is 2.07. The summed E-state index contributed by atoms with van der Waals surface area (Å²) in [5, 5.41) is 3.67. The first-order valence-corrected chi connectivity index (χ1v) is 7.26. The van der Waals surface area contributed by atoms with Crippen LogP contribution in [-0.4, -0.2) is 30.6 Å². The van der Waals surface area contributed by atoms with Crippen molar-refractivity contribution in [3.05, 3.63) is 36.0 Å². The number of fused-ring (bicyclic) bond motifs is 1. The molecule has 0 atom stereocenters. The molecular weight excluding hydrogens is 266 g/mol. The molecule has 2 rings (SSSR count). The molecule has 5 nitrogen and oxygen atoms in total. The maximum Gasteiger partial charge on any atom is 0.251 e. The summed E-state index contributed by atoms with van der Waals surface area (Å²) >= 11 is 0. The third-order valence-corrected chi connectivity index (χ3v) is 3.11. The summed E-state index contributed by atoms with van der Waals surface area (Å²) in [7, 11) is 0. The Morgan fingerprint density at radius 2 is 2.24 bits per heavy atom. The molecular formula is C16H21N3O2. The molecule has 1 aromatic heterocycles. The van der Waals surface area contributed by atoms with E-state index >= 15 is 0 Å². The van der Waals surface area contributed by atoms with Crippen LogP contribution in [0.25, 0.3) is 10.9 Å². The van der Waals surface area contributed by atoms with E-state index in [0.29, 0.717) is 31.0 Å². The van der Waals surface area contributed by atoms with Gasteiger partial charge in [0.2, 0.25) is 0 Å². The van der Waals surface area contributed by atoms with Crippen molar-refractivity contribution in [2.75, 3.05) is 19.7 Å². The fraction of sp³-hybridized carbons (Fsp3) is 0.375. The lowest BCUT2D eigenvalue weighted by molar-refractivity contribution is 0.0955. The number of ether oxygens (including phenoxy) is 1. The van der Waals surface area contributed by atoms with Gasteiger partial charge < -0.3 is 15.8 Å². The Morgan fingerprint density at radius 3 is 3.00 bits per heavy atom. The number of nitrogens with zero attached hydrogens (tertiary/aromatic N) is 1. The minimum Gasteiger partial charge on any atom is -0.491 e. The molecule has 21 heavy (non-hydrogen) atoms. The average Bonchev–Trinajstić information content (AvgIpc) is 2.52. The predicted molar refractivity (Wildman–Crippen MR) is 83.5 cm³/mol. The first-order valence-electron chi connectivity index (χ1n) is 7.26. The molecule has 0 aliphatic carbocycles. The van der Waals surface area contributed by atoms with Gasteiger partial charge in [0.05, 0.1) is 6.61 Å². The van der Waals surface area contributed by atoms with Gasteiger partial charge in [0.1, 0.15) is 11.3 Å². The summed E-state index contributed by atoms with van der Waals surface area (Å²) in [6.45, 7) is 3.82. The van der Waals surface area contributed by atoms with Crippen LogP contribution in [0.5, 0.6) is 5.75 Å². The van der Waals surface area contributed by atoms with Crippen molar-refractivity contribution >= 4 is 16.8 Å². The fourth-order valence-corrected chi connectivity index (χ4v) is 2.07. The van der Waals surface area contributed by atoms with Gasteiger partial charge in [-0.3, -0.25) is 9.78 Å². The molecule has 0 aliphatic heterocycles. The molecule has 5 heteroatoms. The summed E-state index contributed by atoms with van der Waals surface area (Å²) in [4.78, 5) is 16.6. The number of amides is 1.